The average Bonchev–Trinajstić information content (AvgIpc) is 2.98. The van der Waals surface area contributed by atoms with Gasteiger partial charge in [-0.2, -0.15) is 0 Å². The van der Waals surface area contributed by atoms with Gasteiger partial charge in [-0.3, -0.25) is 9.59 Å². The van der Waals surface area contributed by atoms with Crippen LogP contribution >= 0.6 is 0 Å². The summed E-state index contributed by atoms with van der Waals surface area (Å²) >= 11 is 0. The number of piperidine rings is 1. The van der Waals surface area contributed by atoms with E-state index >= 15 is 0 Å². The maximum Gasteiger partial charge on any atom is 0.310 e. The standard InChI is InChI=1S/C16H19N3O3/c1-2-22-16(21)12-6-5-9-19(10-12)15(20)13-11-18-8-4-3-7-14(18)17-13/h3-4,7-8,11-12H,2,5-6,9-10H2,1H3. The van der Waals surface area contributed by atoms with E-state index in [0.717, 1.165) is 18.5 Å². The third kappa shape index (κ3) is 2.81. The molecule has 1 saturated heterocycles. The largest absolute Gasteiger partial charge is 0.466 e. The van der Waals surface area contributed by atoms with Crippen LogP contribution in [0.1, 0.15) is 30.3 Å². The lowest BCUT2D eigenvalue weighted by molar-refractivity contribution is -0.149. The Kier molecular flexibility index (Phi) is 4.09. The first-order valence-corrected chi connectivity index (χ1v) is 7.58. The molecule has 0 saturated carbocycles. The first kappa shape index (κ1) is 14.6. The van der Waals surface area contributed by atoms with Gasteiger partial charge in [0.2, 0.25) is 0 Å². The Bertz CT molecular complexity index is 662. The molecule has 2 aromatic heterocycles. The van der Waals surface area contributed by atoms with Gasteiger partial charge in [-0.05, 0) is 31.9 Å². The predicted molar refractivity (Wildman–Crippen MR) is 80.5 cm³/mol. The molecule has 0 radical (unpaired) electrons. The zero-order chi connectivity index (χ0) is 15.5. The maximum atomic E-state index is 12.6. The zero-order valence-electron chi connectivity index (χ0n) is 12.6. The first-order valence-electron chi connectivity index (χ1n) is 7.58. The molecule has 0 aromatic carbocycles. The van der Waals surface area contributed by atoms with Crippen LogP contribution in [0.4, 0.5) is 0 Å². The Morgan fingerprint density at radius 1 is 1.41 bits per heavy atom. The number of carbonyl (C=O) groups excluding carboxylic acids is 2. The fourth-order valence-corrected chi connectivity index (χ4v) is 2.81. The molecule has 1 aliphatic heterocycles. The van der Waals surface area contributed by atoms with Gasteiger partial charge in [0.15, 0.2) is 0 Å². The number of fused-ring (bicyclic) bond motifs is 1. The maximum absolute atomic E-state index is 12.6. The van der Waals surface area contributed by atoms with Gasteiger partial charge in [-0.15, -0.1) is 0 Å². The van der Waals surface area contributed by atoms with Crippen molar-refractivity contribution in [3.8, 4) is 0 Å². The van der Waals surface area contributed by atoms with Gasteiger partial charge < -0.3 is 14.0 Å². The van der Waals surface area contributed by atoms with E-state index in [0.29, 0.717) is 25.4 Å². The van der Waals surface area contributed by atoms with Gasteiger partial charge in [0.05, 0.1) is 12.5 Å². The molecule has 1 aliphatic rings. The minimum Gasteiger partial charge on any atom is -0.466 e. The summed E-state index contributed by atoms with van der Waals surface area (Å²) in [6.07, 6.45) is 5.17. The molecule has 3 heterocycles. The molecule has 1 amide bonds. The number of aromatic nitrogens is 2. The molecule has 1 unspecified atom stereocenters. The smallest absolute Gasteiger partial charge is 0.310 e. The molecule has 2 aromatic rings. The number of ether oxygens (including phenoxy) is 1. The molecule has 6 nitrogen and oxygen atoms in total. The molecule has 22 heavy (non-hydrogen) atoms. The van der Waals surface area contributed by atoms with Gasteiger partial charge in [-0.1, -0.05) is 6.07 Å². The number of carbonyl (C=O) groups is 2. The normalized spacial score (nSPS) is 18.4. The summed E-state index contributed by atoms with van der Waals surface area (Å²) in [5.74, 6) is -0.567. The van der Waals surface area contributed by atoms with Crippen molar-refractivity contribution >= 4 is 17.5 Å². The molecule has 0 aliphatic carbocycles. The second kappa shape index (κ2) is 6.17. The number of likely N-dealkylation sites (tertiary alicyclic amines) is 1. The second-order valence-electron chi connectivity index (χ2n) is 5.43. The van der Waals surface area contributed by atoms with Crippen molar-refractivity contribution in [1.82, 2.24) is 14.3 Å². The summed E-state index contributed by atoms with van der Waals surface area (Å²) in [5, 5.41) is 0. The van der Waals surface area contributed by atoms with Crippen molar-refractivity contribution in [2.75, 3.05) is 19.7 Å². The minimum atomic E-state index is -0.227. The lowest BCUT2D eigenvalue weighted by Gasteiger charge is -2.31. The van der Waals surface area contributed by atoms with E-state index in [2.05, 4.69) is 4.98 Å². The lowest BCUT2D eigenvalue weighted by Crippen LogP contribution is -2.42. The highest BCUT2D eigenvalue weighted by atomic mass is 16.5. The van der Waals surface area contributed by atoms with Gasteiger partial charge in [0.25, 0.3) is 5.91 Å². The molecular formula is C16H19N3O3. The summed E-state index contributed by atoms with van der Waals surface area (Å²) in [6.45, 7) is 3.23. The van der Waals surface area contributed by atoms with Crippen molar-refractivity contribution in [3.05, 3.63) is 36.3 Å². The van der Waals surface area contributed by atoms with Crippen molar-refractivity contribution in [2.45, 2.75) is 19.8 Å². The van der Waals surface area contributed by atoms with E-state index in [-0.39, 0.29) is 17.8 Å². The fourth-order valence-electron chi connectivity index (χ4n) is 2.81. The summed E-state index contributed by atoms with van der Waals surface area (Å²) in [5.41, 5.74) is 1.15. The van der Waals surface area contributed by atoms with E-state index in [4.69, 9.17) is 4.74 Å². The Labute approximate surface area is 128 Å². The summed E-state index contributed by atoms with van der Waals surface area (Å²) in [6, 6.07) is 5.63. The van der Waals surface area contributed by atoms with Crippen molar-refractivity contribution < 1.29 is 14.3 Å². The molecule has 6 heteroatoms. The third-order valence-corrected chi connectivity index (χ3v) is 3.91. The molecule has 116 valence electrons. The quantitative estimate of drug-likeness (QED) is 0.810. The highest BCUT2D eigenvalue weighted by molar-refractivity contribution is 5.93. The van der Waals surface area contributed by atoms with E-state index in [1.54, 1.807) is 18.0 Å². The number of pyridine rings is 1. The summed E-state index contributed by atoms with van der Waals surface area (Å²) in [7, 11) is 0. The zero-order valence-corrected chi connectivity index (χ0v) is 12.6. The Hall–Kier alpha value is -2.37. The molecule has 0 bridgehead atoms. The van der Waals surface area contributed by atoms with Crippen LogP contribution < -0.4 is 0 Å². The van der Waals surface area contributed by atoms with Crippen LogP contribution in [-0.4, -0.2) is 45.9 Å². The van der Waals surface area contributed by atoms with E-state index in [1.165, 1.54) is 0 Å². The Morgan fingerprint density at radius 2 is 2.27 bits per heavy atom. The van der Waals surface area contributed by atoms with E-state index in [1.807, 2.05) is 28.8 Å². The minimum absolute atomic E-state index is 0.127. The van der Waals surface area contributed by atoms with Crippen LogP contribution in [0.15, 0.2) is 30.6 Å². The molecule has 0 N–H and O–H groups in total. The molecule has 0 spiro atoms. The molecule has 1 atom stereocenters. The molecular weight excluding hydrogens is 282 g/mol. The van der Waals surface area contributed by atoms with Crippen molar-refractivity contribution in [2.24, 2.45) is 5.92 Å². The number of nitrogens with zero attached hydrogens (tertiary/aromatic N) is 3. The second-order valence-corrected chi connectivity index (χ2v) is 5.43. The van der Waals surface area contributed by atoms with Gasteiger partial charge >= 0.3 is 5.97 Å². The number of rotatable bonds is 3. The third-order valence-electron chi connectivity index (χ3n) is 3.91. The first-order chi connectivity index (χ1) is 10.7. The highest BCUT2D eigenvalue weighted by Crippen LogP contribution is 2.20. The van der Waals surface area contributed by atoms with Crippen LogP contribution in [0.3, 0.4) is 0 Å². The summed E-state index contributed by atoms with van der Waals surface area (Å²) in [4.78, 5) is 30.5. The number of amides is 1. The van der Waals surface area contributed by atoms with E-state index < -0.39 is 0 Å². The van der Waals surface area contributed by atoms with Crippen molar-refractivity contribution in [3.63, 3.8) is 0 Å². The van der Waals surface area contributed by atoms with Crippen LogP contribution in [0.2, 0.25) is 0 Å². The number of imidazole rings is 1. The van der Waals surface area contributed by atoms with Crippen LogP contribution in [0.25, 0.3) is 5.65 Å². The fraction of sp³-hybridized carbons (Fsp3) is 0.438. The predicted octanol–water partition coefficient (Wildman–Crippen LogP) is 1.75. The monoisotopic (exact) mass is 301 g/mol. The lowest BCUT2D eigenvalue weighted by atomic mass is 9.98. The van der Waals surface area contributed by atoms with Crippen LogP contribution in [0, 0.1) is 5.92 Å². The number of esters is 1. The van der Waals surface area contributed by atoms with Crippen molar-refractivity contribution in [1.29, 1.82) is 0 Å². The molecule has 3 rings (SSSR count). The highest BCUT2D eigenvalue weighted by Gasteiger charge is 2.30. The Morgan fingerprint density at radius 3 is 3.05 bits per heavy atom. The topological polar surface area (TPSA) is 63.9 Å². The van der Waals surface area contributed by atoms with E-state index in [9.17, 15) is 9.59 Å². The Balaban J connectivity index is 1.75. The average molecular weight is 301 g/mol. The summed E-state index contributed by atoms with van der Waals surface area (Å²) < 4.78 is 6.89. The van der Waals surface area contributed by atoms with Crippen LogP contribution in [0.5, 0.6) is 0 Å². The van der Waals surface area contributed by atoms with Crippen LogP contribution in [-0.2, 0) is 9.53 Å². The molecule has 1 fully saturated rings. The SMILES string of the molecule is CCOC(=O)C1CCCN(C(=O)c2cn3ccccc3n2)C1. The van der Waals surface area contributed by atoms with Gasteiger partial charge in [0, 0.05) is 25.5 Å². The number of hydrogen-bond acceptors (Lipinski definition) is 4. The van der Waals surface area contributed by atoms with Gasteiger partial charge in [-0.25, -0.2) is 4.98 Å². The van der Waals surface area contributed by atoms with Gasteiger partial charge in [0.1, 0.15) is 11.3 Å². The number of hydrogen-bond donors (Lipinski definition) is 0.